The molecule has 0 spiro atoms. The van der Waals surface area contributed by atoms with Crippen molar-refractivity contribution in [3.8, 4) is 0 Å². The summed E-state index contributed by atoms with van der Waals surface area (Å²) in [5.41, 5.74) is -1.64. The van der Waals surface area contributed by atoms with Crippen molar-refractivity contribution >= 4 is 32.0 Å². The van der Waals surface area contributed by atoms with Gasteiger partial charge in [-0.25, -0.2) is 18.6 Å². The van der Waals surface area contributed by atoms with Gasteiger partial charge in [0, 0.05) is 36.4 Å². The van der Waals surface area contributed by atoms with Gasteiger partial charge in [0.1, 0.15) is 37.4 Å². The van der Waals surface area contributed by atoms with E-state index in [0.717, 1.165) is 0 Å². The maximum Gasteiger partial charge on any atom is 0.437 e. The Hall–Kier alpha value is -1.99. The number of ether oxygens (including phenoxy) is 2. The molecule has 7 atom stereocenters. The number of hydrogen-bond donors (Lipinski definition) is 2. The summed E-state index contributed by atoms with van der Waals surface area (Å²) in [5, 5.41) is -0.261. The molecule has 2 N–H and O–H groups in total. The highest BCUT2D eigenvalue weighted by Crippen LogP contribution is 2.52. The number of nitrogens with zero attached hydrogens (tertiary/aromatic N) is 2. The van der Waals surface area contributed by atoms with Gasteiger partial charge in [0.2, 0.25) is 0 Å². The van der Waals surface area contributed by atoms with Crippen molar-refractivity contribution in [3.63, 3.8) is 0 Å². The molecule has 51 heavy (non-hydrogen) atoms. The predicted octanol–water partition coefficient (Wildman–Crippen LogP) is 3.30. The lowest BCUT2D eigenvalue weighted by Gasteiger charge is -2.39. The van der Waals surface area contributed by atoms with Gasteiger partial charge >= 0.3 is 18.9 Å². The second-order valence-electron chi connectivity index (χ2n) is 16.7. The quantitative estimate of drug-likeness (QED) is 0.238. The maximum absolute atomic E-state index is 13.8. The van der Waals surface area contributed by atoms with Crippen LogP contribution in [0.25, 0.3) is 0 Å². The van der Waals surface area contributed by atoms with Crippen LogP contribution in [0.5, 0.6) is 0 Å². The van der Waals surface area contributed by atoms with Gasteiger partial charge in [0.15, 0.2) is 24.5 Å². The van der Waals surface area contributed by atoms with Crippen molar-refractivity contribution in [3.05, 3.63) is 65.2 Å². The first-order valence-electron chi connectivity index (χ1n) is 17.2. The van der Waals surface area contributed by atoms with Crippen LogP contribution in [0.1, 0.15) is 78.0 Å². The Kier molecular flexibility index (Phi) is 12.3. The van der Waals surface area contributed by atoms with E-state index in [0.29, 0.717) is 11.1 Å². The molecule has 2 fully saturated rings. The number of nitrogens with one attached hydrogen (secondary N) is 2. The minimum absolute atomic E-state index is 0.0645. The largest absolute Gasteiger partial charge is 0.647 e. The highest BCUT2D eigenvalue weighted by atomic mass is 31.2. The van der Waals surface area contributed by atoms with Crippen LogP contribution in [0.15, 0.2) is 31.6 Å². The van der Waals surface area contributed by atoms with Gasteiger partial charge in [-0.15, -0.1) is 0 Å². The second kappa shape index (κ2) is 15.0. The van der Waals surface area contributed by atoms with E-state index in [9.17, 15) is 24.1 Å². The van der Waals surface area contributed by atoms with Crippen molar-refractivity contribution in [1.82, 2.24) is 19.1 Å². The number of aromatic nitrogens is 4. The van der Waals surface area contributed by atoms with Crippen molar-refractivity contribution in [2.45, 2.75) is 141 Å². The molecule has 2 aliphatic rings. The molecule has 4 rings (SSSR count). The van der Waals surface area contributed by atoms with Crippen LogP contribution >= 0.6 is 7.82 Å². The van der Waals surface area contributed by atoms with Crippen molar-refractivity contribution in [2.24, 2.45) is 0 Å². The van der Waals surface area contributed by atoms with Crippen LogP contribution in [0.3, 0.4) is 0 Å². The normalized spacial score (nSPS) is 26.1. The fourth-order valence-corrected chi connectivity index (χ4v) is 8.72. The van der Waals surface area contributed by atoms with Gasteiger partial charge in [-0.1, -0.05) is 41.5 Å². The lowest BCUT2D eigenvalue weighted by Crippen LogP contribution is -2.46. The van der Waals surface area contributed by atoms with E-state index in [2.05, 4.69) is 77.7 Å². The van der Waals surface area contributed by atoms with E-state index in [1.807, 2.05) is 0 Å². The molecular formula is C32H54BN4O11PSi2. The molecule has 2 radical (unpaired) electrons. The first-order chi connectivity index (χ1) is 23.2. The lowest BCUT2D eigenvalue weighted by atomic mass is 10.2. The summed E-state index contributed by atoms with van der Waals surface area (Å²) >= 11 is 0. The Balaban J connectivity index is 1.56. The molecule has 284 valence electrons. The standard InChI is InChI=1S/C32H54BN4O11PSi2/c1-19-15-36(29(40)34-27(19)38)25-13-21(24(46-25)18-44-50(9,10)31(3,4)5)47-49(33,42)43-17-23-22(48-51(11,12)32(6,7)8)14-26(45-23)37-16-20(2)28(39)35-30(37)41/h15-16,21-26H,13-14,17-18H2,1-12H3,(H,34,38,40)(H,35,39,41)/t21-,22-,23+,24+,25+,26+,49?/m0/s1. The van der Waals surface area contributed by atoms with E-state index in [-0.39, 0.29) is 36.1 Å². The molecule has 2 aliphatic heterocycles. The van der Waals surface area contributed by atoms with E-state index in [1.54, 1.807) is 13.8 Å². The second-order valence-corrected chi connectivity index (χ2v) is 27.8. The van der Waals surface area contributed by atoms with E-state index >= 15 is 0 Å². The van der Waals surface area contributed by atoms with Crippen LogP contribution < -0.4 is 27.4 Å². The zero-order valence-corrected chi connectivity index (χ0v) is 34.8. The SMILES string of the molecule is [B][P+]([O-])(OC[C@H]1O[C@@H](n2cc(C)c(=O)[nH]c2=O)C[C@@H]1O[Si](C)(C)C(C)(C)C)O[C@H]1C[C@H](n2cc(C)c(=O)[nH]c2=O)O[C@@H]1CO[Si](C)(C)C(C)(C)C. The fourth-order valence-electron chi connectivity index (χ4n) is 5.34. The predicted molar refractivity (Wildman–Crippen MR) is 198 cm³/mol. The van der Waals surface area contributed by atoms with E-state index in [1.165, 1.54) is 21.5 Å². The molecule has 0 amide bonds. The average Bonchev–Trinajstić information content (AvgIpc) is 3.56. The number of aromatic amines is 2. The molecule has 2 aromatic heterocycles. The molecule has 19 heteroatoms. The zero-order chi connectivity index (χ0) is 38.5. The summed E-state index contributed by atoms with van der Waals surface area (Å²) in [6.07, 6.45) is -1.53. The molecular weight excluding hydrogens is 714 g/mol. The van der Waals surface area contributed by atoms with Crippen molar-refractivity contribution in [2.75, 3.05) is 13.2 Å². The Morgan fingerprint density at radius 2 is 1.24 bits per heavy atom. The summed E-state index contributed by atoms with van der Waals surface area (Å²) in [7, 11) is -2.72. The average molecular weight is 769 g/mol. The topological polar surface area (TPSA) is 188 Å². The molecule has 0 aromatic carbocycles. The monoisotopic (exact) mass is 768 g/mol. The van der Waals surface area contributed by atoms with Gasteiger partial charge in [0.05, 0.1) is 12.7 Å². The van der Waals surface area contributed by atoms with Gasteiger partial charge in [0.25, 0.3) is 11.1 Å². The molecule has 2 aromatic rings. The summed E-state index contributed by atoms with van der Waals surface area (Å²) in [5.74, 6) is 0. The number of H-pyrrole nitrogens is 2. The molecule has 2 saturated heterocycles. The first-order valence-corrected chi connectivity index (χ1v) is 24.6. The molecule has 0 saturated carbocycles. The van der Waals surface area contributed by atoms with Gasteiger partial charge in [-0.3, -0.25) is 28.7 Å². The third-order valence-electron chi connectivity index (χ3n) is 10.6. The summed E-state index contributed by atoms with van der Waals surface area (Å²) in [6.45, 7) is 23.9. The maximum atomic E-state index is 13.8. The van der Waals surface area contributed by atoms with Crippen LogP contribution in [0, 0.1) is 13.8 Å². The third kappa shape index (κ3) is 9.77. The fraction of sp³-hybridized carbons (Fsp3) is 0.750. The number of rotatable bonds is 12. The minimum Gasteiger partial charge on any atom is -0.647 e. The van der Waals surface area contributed by atoms with Gasteiger partial charge < -0.3 is 23.2 Å². The van der Waals surface area contributed by atoms with Crippen molar-refractivity contribution in [1.29, 1.82) is 0 Å². The zero-order valence-electron chi connectivity index (χ0n) is 31.9. The smallest absolute Gasteiger partial charge is 0.437 e. The molecule has 1 unspecified atom stereocenters. The Labute approximate surface area is 302 Å². The van der Waals surface area contributed by atoms with Gasteiger partial charge in [-0.2, -0.15) is 0 Å². The summed E-state index contributed by atoms with van der Waals surface area (Å²) in [6, 6.07) is 0. The minimum atomic E-state index is -4.31. The molecule has 15 nitrogen and oxygen atoms in total. The first kappa shape index (κ1) is 41.8. The summed E-state index contributed by atoms with van der Waals surface area (Å²) < 4.78 is 40.0. The van der Waals surface area contributed by atoms with Crippen LogP contribution in [-0.4, -0.2) is 80.9 Å². The third-order valence-corrected chi connectivity index (χ3v) is 20.7. The number of hydrogen-bond acceptors (Lipinski definition) is 11. The Morgan fingerprint density at radius 3 is 1.69 bits per heavy atom. The van der Waals surface area contributed by atoms with Gasteiger partial charge in [-0.05, 0) is 50.1 Å². The molecule has 4 heterocycles. The highest BCUT2D eigenvalue weighted by Gasteiger charge is 2.48. The van der Waals surface area contributed by atoms with E-state index in [4.69, 9.17) is 34.9 Å². The van der Waals surface area contributed by atoms with Crippen LogP contribution in [-0.2, 0) is 27.4 Å². The lowest BCUT2D eigenvalue weighted by molar-refractivity contribution is -0.219. The van der Waals surface area contributed by atoms with Crippen LogP contribution in [0.2, 0.25) is 36.3 Å². The summed E-state index contributed by atoms with van der Waals surface area (Å²) in [4.78, 5) is 68.0. The number of aryl methyl sites for hydroxylation is 2. The highest BCUT2D eigenvalue weighted by molar-refractivity contribution is 7.83. The van der Waals surface area contributed by atoms with E-state index < -0.39 is 83.8 Å². The Bertz CT molecular complexity index is 1800. The molecule has 0 bridgehead atoms. The Morgan fingerprint density at radius 1 is 0.804 bits per heavy atom. The molecule has 0 aliphatic carbocycles. The van der Waals surface area contributed by atoms with Crippen LogP contribution in [0.4, 0.5) is 0 Å². The van der Waals surface area contributed by atoms with Crippen molar-refractivity contribution < 1.29 is 32.3 Å².